The van der Waals surface area contributed by atoms with Crippen LogP contribution >= 0.6 is 0 Å². The van der Waals surface area contributed by atoms with Crippen LogP contribution in [0, 0.1) is 0 Å². The molecule has 0 spiro atoms. The molecular formula is C24H24N2O4S. The van der Waals surface area contributed by atoms with E-state index in [1.54, 1.807) is 60.4 Å². The fourth-order valence-electron chi connectivity index (χ4n) is 3.57. The first-order valence-corrected chi connectivity index (χ1v) is 11.6. The molecule has 160 valence electrons. The Morgan fingerprint density at radius 1 is 1.00 bits per heavy atom. The Morgan fingerprint density at radius 3 is 2.39 bits per heavy atom. The van der Waals surface area contributed by atoms with Crippen LogP contribution < -0.4 is 9.46 Å². The highest BCUT2D eigenvalue weighted by Gasteiger charge is 2.28. The number of fused-ring (bicyclic) bond motifs is 1. The van der Waals surface area contributed by atoms with Crippen molar-refractivity contribution in [3.8, 4) is 5.75 Å². The number of carbonyl (C=O) groups excluding carboxylic acids is 1. The summed E-state index contributed by atoms with van der Waals surface area (Å²) in [5, 5.41) is 0. The Bertz CT molecular complexity index is 1160. The Morgan fingerprint density at radius 2 is 1.68 bits per heavy atom. The topological polar surface area (TPSA) is 75.7 Å². The van der Waals surface area contributed by atoms with E-state index in [9.17, 15) is 13.2 Å². The van der Waals surface area contributed by atoms with Gasteiger partial charge < -0.3 is 9.64 Å². The van der Waals surface area contributed by atoms with Crippen LogP contribution in [0.4, 0.5) is 5.69 Å². The van der Waals surface area contributed by atoms with Gasteiger partial charge in [0.2, 0.25) is 0 Å². The SMILES string of the molecule is C[C@H]1Oc2ccc(NS(=O)(=O)c3ccccc3)cc2CN(CCc2ccccc2)C1=O. The van der Waals surface area contributed by atoms with Gasteiger partial charge in [0.1, 0.15) is 5.75 Å². The molecule has 0 unspecified atom stereocenters. The molecule has 0 aliphatic carbocycles. The van der Waals surface area contributed by atoms with Crippen molar-refractivity contribution in [1.82, 2.24) is 4.90 Å². The molecule has 0 fully saturated rings. The van der Waals surface area contributed by atoms with Crippen LogP contribution in [0.15, 0.2) is 83.8 Å². The molecule has 7 heteroatoms. The second-order valence-electron chi connectivity index (χ2n) is 7.50. The predicted molar refractivity (Wildman–Crippen MR) is 119 cm³/mol. The van der Waals surface area contributed by atoms with Crippen molar-refractivity contribution >= 4 is 21.6 Å². The molecule has 0 saturated heterocycles. The molecule has 0 aromatic heterocycles. The summed E-state index contributed by atoms with van der Waals surface area (Å²) in [6, 6.07) is 23.3. The second kappa shape index (κ2) is 8.81. The molecule has 1 aliphatic rings. The first-order valence-electron chi connectivity index (χ1n) is 10.1. The molecule has 0 bridgehead atoms. The summed E-state index contributed by atoms with van der Waals surface area (Å²) in [5.74, 6) is 0.504. The normalized spacial score (nSPS) is 16.2. The lowest BCUT2D eigenvalue weighted by atomic mass is 10.1. The molecule has 4 rings (SSSR count). The lowest BCUT2D eigenvalue weighted by Gasteiger charge is -2.22. The van der Waals surface area contributed by atoms with Crippen LogP contribution in [0.3, 0.4) is 0 Å². The second-order valence-corrected chi connectivity index (χ2v) is 9.18. The molecule has 1 atom stereocenters. The number of nitrogens with zero attached hydrogens (tertiary/aromatic N) is 1. The molecule has 3 aromatic rings. The van der Waals surface area contributed by atoms with Crippen molar-refractivity contribution in [2.45, 2.75) is 30.9 Å². The van der Waals surface area contributed by atoms with Gasteiger partial charge in [0.25, 0.3) is 15.9 Å². The average molecular weight is 437 g/mol. The van der Waals surface area contributed by atoms with Gasteiger partial charge in [-0.3, -0.25) is 9.52 Å². The van der Waals surface area contributed by atoms with Gasteiger partial charge in [0, 0.05) is 24.3 Å². The Kier molecular flexibility index (Phi) is 5.95. The van der Waals surface area contributed by atoms with Gasteiger partial charge in [-0.1, -0.05) is 48.5 Å². The third kappa shape index (κ3) is 4.88. The molecule has 1 heterocycles. The number of ether oxygens (including phenoxy) is 1. The fraction of sp³-hybridized carbons (Fsp3) is 0.208. The van der Waals surface area contributed by atoms with Crippen LogP contribution in [-0.2, 0) is 27.8 Å². The van der Waals surface area contributed by atoms with Gasteiger partial charge in [0.05, 0.1) is 4.90 Å². The van der Waals surface area contributed by atoms with Crippen LogP contribution in [0.1, 0.15) is 18.1 Å². The van der Waals surface area contributed by atoms with E-state index >= 15 is 0 Å². The summed E-state index contributed by atoms with van der Waals surface area (Å²) in [6.45, 7) is 2.64. The summed E-state index contributed by atoms with van der Waals surface area (Å²) >= 11 is 0. The summed E-state index contributed by atoms with van der Waals surface area (Å²) < 4.78 is 33.8. The van der Waals surface area contributed by atoms with E-state index in [0.29, 0.717) is 24.5 Å². The highest BCUT2D eigenvalue weighted by Crippen LogP contribution is 2.29. The Labute approximate surface area is 182 Å². The van der Waals surface area contributed by atoms with E-state index in [4.69, 9.17) is 4.74 Å². The Balaban J connectivity index is 1.55. The van der Waals surface area contributed by atoms with Crippen molar-refractivity contribution in [1.29, 1.82) is 0 Å². The third-order valence-electron chi connectivity index (χ3n) is 5.20. The smallest absolute Gasteiger partial charge is 0.263 e. The molecule has 1 aliphatic heterocycles. The zero-order valence-electron chi connectivity index (χ0n) is 17.2. The summed E-state index contributed by atoms with van der Waals surface area (Å²) in [7, 11) is -3.70. The van der Waals surface area contributed by atoms with Gasteiger partial charge in [-0.15, -0.1) is 0 Å². The number of sulfonamides is 1. The molecule has 1 amide bonds. The zero-order valence-corrected chi connectivity index (χ0v) is 18.0. The lowest BCUT2D eigenvalue weighted by Crippen LogP contribution is -2.39. The molecule has 3 aromatic carbocycles. The maximum absolute atomic E-state index is 12.8. The zero-order chi connectivity index (χ0) is 21.8. The van der Waals surface area contributed by atoms with E-state index in [0.717, 1.165) is 17.5 Å². The first kappa shape index (κ1) is 20.9. The van der Waals surface area contributed by atoms with E-state index in [2.05, 4.69) is 4.72 Å². The summed E-state index contributed by atoms with van der Waals surface area (Å²) in [5.41, 5.74) is 2.34. The highest BCUT2D eigenvalue weighted by molar-refractivity contribution is 7.92. The maximum Gasteiger partial charge on any atom is 0.263 e. The highest BCUT2D eigenvalue weighted by atomic mass is 32.2. The van der Waals surface area contributed by atoms with Crippen molar-refractivity contribution in [3.05, 3.63) is 90.0 Å². The Hall–Kier alpha value is -3.32. The van der Waals surface area contributed by atoms with Crippen LogP contribution in [0.25, 0.3) is 0 Å². The van der Waals surface area contributed by atoms with E-state index < -0.39 is 16.1 Å². The minimum Gasteiger partial charge on any atom is -0.481 e. The van der Waals surface area contributed by atoms with Crippen molar-refractivity contribution in [2.24, 2.45) is 0 Å². The van der Waals surface area contributed by atoms with Crippen molar-refractivity contribution < 1.29 is 17.9 Å². The molecule has 1 N–H and O–H groups in total. The number of anilines is 1. The summed E-state index contributed by atoms with van der Waals surface area (Å²) in [6.07, 6.45) is 0.124. The first-order chi connectivity index (χ1) is 14.9. The quantitative estimate of drug-likeness (QED) is 0.637. The fourth-order valence-corrected chi connectivity index (χ4v) is 4.65. The largest absolute Gasteiger partial charge is 0.481 e. The van der Waals surface area contributed by atoms with Gasteiger partial charge in [-0.05, 0) is 49.2 Å². The minimum atomic E-state index is -3.70. The number of nitrogens with one attached hydrogen (secondary N) is 1. The van der Waals surface area contributed by atoms with E-state index in [1.165, 1.54) is 0 Å². The van der Waals surface area contributed by atoms with E-state index in [1.807, 2.05) is 30.3 Å². The van der Waals surface area contributed by atoms with Crippen molar-refractivity contribution in [2.75, 3.05) is 11.3 Å². The minimum absolute atomic E-state index is 0.0847. The average Bonchev–Trinajstić information content (AvgIpc) is 2.89. The molecule has 31 heavy (non-hydrogen) atoms. The number of benzene rings is 3. The summed E-state index contributed by atoms with van der Waals surface area (Å²) in [4.78, 5) is 14.8. The molecule has 0 saturated carbocycles. The molecule has 6 nitrogen and oxygen atoms in total. The monoisotopic (exact) mass is 436 g/mol. The number of carbonyl (C=O) groups is 1. The van der Waals surface area contributed by atoms with Gasteiger partial charge in [0.15, 0.2) is 6.10 Å². The van der Waals surface area contributed by atoms with Gasteiger partial charge in [-0.2, -0.15) is 0 Å². The molecular weight excluding hydrogens is 412 g/mol. The maximum atomic E-state index is 12.8. The van der Waals surface area contributed by atoms with Crippen molar-refractivity contribution in [3.63, 3.8) is 0 Å². The number of rotatable bonds is 6. The number of hydrogen-bond donors (Lipinski definition) is 1. The standard InChI is InChI=1S/C24H24N2O4S/c1-18-24(27)26(15-14-19-8-4-2-5-9-19)17-20-16-21(12-13-23(20)30-18)25-31(28,29)22-10-6-3-7-11-22/h2-13,16,18,25H,14-15,17H2,1H3/t18-/m1/s1. The van der Waals surface area contributed by atoms with Crippen LogP contribution in [0.5, 0.6) is 5.75 Å². The van der Waals surface area contributed by atoms with Gasteiger partial charge >= 0.3 is 0 Å². The van der Waals surface area contributed by atoms with Gasteiger partial charge in [-0.25, -0.2) is 8.42 Å². The third-order valence-corrected chi connectivity index (χ3v) is 6.60. The number of amides is 1. The van der Waals surface area contributed by atoms with Crippen LogP contribution in [0.2, 0.25) is 0 Å². The molecule has 0 radical (unpaired) electrons. The van der Waals surface area contributed by atoms with Crippen LogP contribution in [-0.4, -0.2) is 31.9 Å². The predicted octanol–water partition coefficient (Wildman–Crippen LogP) is 3.84. The lowest BCUT2D eigenvalue weighted by molar-refractivity contribution is -0.137. The number of hydrogen-bond acceptors (Lipinski definition) is 4. The van der Waals surface area contributed by atoms with E-state index in [-0.39, 0.29) is 10.8 Å².